The molecule has 28 heavy (non-hydrogen) atoms. The highest BCUT2D eigenvalue weighted by Gasteiger charge is 2.28. The van der Waals surface area contributed by atoms with Gasteiger partial charge in [0.25, 0.3) is 5.91 Å². The minimum atomic E-state index is -0.137. The fourth-order valence-electron chi connectivity index (χ4n) is 4.00. The standard InChI is InChI=1S/C19H30N4O3.2ClH/c1-26-19(25)15-2-4-16(5-3-15)22-18(24)17-12-23(13-21-17)11-8-14-6-9-20-10-7-14;;/h12-16,20H,2-11H2,1H3,(H,22,24);2*1H/t15-,16-;;. The van der Waals surface area contributed by atoms with Crippen LogP contribution in [0.25, 0.3) is 0 Å². The second-order valence-corrected chi connectivity index (χ2v) is 7.52. The van der Waals surface area contributed by atoms with Gasteiger partial charge in [-0.05, 0) is 64.0 Å². The molecule has 7 nitrogen and oxygen atoms in total. The number of carbonyl (C=O) groups excluding carboxylic acids is 2. The van der Waals surface area contributed by atoms with Crippen LogP contribution in [0, 0.1) is 11.8 Å². The van der Waals surface area contributed by atoms with Gasteiger partial charge in [0.05, 0.1) is 19.4 Å². The van der Waals surface area contributed by atoms with Gasteiger partial charge in [-0.2, -0.15) is 0 Å². The quantitative estimate of drug-likeness (QED) is 0.671. The van der Waals surface area contributed by atoms with Crippen molar-refractivity contribution in [3.8, 4) is 0 Å². The summed E-state index contributed by atoms with van der Waals surface area (Å²) in [6.07, 6.45) is 10.3. The summed E-state index contributed by atoms with van der Waals surface area (Å²) in [6, 6.07) is 0.114. The lowest BCUT2D eigenvalue weighted by atomic mass is 9.86. The first kappa shape index (κ1) is 24.7. The van der Waals surface area contributed by atoms with E-state index in [-0.39, 0.29) is 48.7 Å². The first-order valence-corrected chi connectivity index (χ1v) is 9.77. The zero-order valence-corrected chi connectivity index (χ0v) is 18.0. The molecule has 9 heteroatoms. The largest absolute Gasteiger partial charge is 0.469 e. The number of nitrogens with zero attached hydrogens (tertiary/aromatic N) is 2. The van der Waals surface area contributed by atoms with Gasteiger partial charge in [-0.1, -0.05) is 0 Å². The van der Waals surface area contributed by atoms with Crippen molar-refractivity contribution in [2.75, 3.05) is 20.2 Å². The van der Waals surface area contributed by atoms with E-state index < -0.39 is 0 Å². The Labute approximate surface area is 179 Å². The van der Waals surface area contributed by atoms with E-state index in [0.717, 1.165) is 57.7 Å². The number of amides is 1. The molecule has 1 aromatic heterocycles. The van der Waals surface area contributed by atoms with E-state index in [4.69, 9.17) is 4.74 Å². The van der Waals surface area contributed by atoms with Crippen LogP contribution in [0.15, 0.2) is 12.5 Å². The second kappa shape index (κ2) is 12.3. The zero-order chi connectivity index (χ0) is 18.4. The van der Waals surface area contributed by atoms with Crippen LogP contribution in [-0.2, 0) is 16.1 Å². The fourth-order valence-corrected chi connectivity index (χ4v) is 4.00. The van der Waals surface area contributed by atoms with Crippen LogP contribution in [0.4, 0.5) is 0 Å². The number of hydrogen-bond acceptors (Lipinski definition) is 5. The normalized spacial score (nSPS) is 22.5. The molecule has 0 atom stereocenters. The van der Waals surface area contributed by atoms with E-state index in [0.29, 0.717) is 5.69 Å². The Bertz CT molecular complexity index is 612. The minimum absolute atomic E-state index is 0. The second-order valence-electron chi connectivity index (χ2n) is 7.52. The smallest absolute Gasteiger partial charge is 0.308 e. The number of hydrogen-bond donors (Lipinski definition) is 2. The lowest BCUT2D eigenvalue weighted by Gasteiger charge is -2.27. The van der Waals surface area contributed by atoms with Gasteiger partial charge in [-0.25, -0.2) is 4.98 Å². The van der Waals surface area contributed by atoms with Gasteiger partial charge < -0.3 is 19.9 Å². The highest BCUT2D eigenvalue weighted by molar-refractivity contribution is 5.92. The van der Waals surface area contributed by atoms with Crippen molar-refractivity contribution in [3.63, 3.8) is 0 Å². The molecule has 1 aromatic rings. The fraction of sp³-hybridized carbons (Fsp3) is 0.737. The number of halogens is 2. The molecule has 160 valence electrons. The van der Waals surface area contributed by atoms with E-state index >= 15 is 0 Å². The van der Waals surface area contributed by atoms with Crippen molar-refractivity contribution in [1.29, 1.82) is 0 Å². The van der Waals surface area contributed by atoms with Crippen LogP contribution in [-0.4, -0.2) is 47.7 Å². The Hall–Kier alpha value is -1.31. The first-order valence-electron chi connectivity index (χ1n) is 9.77. The molecule has 0 unspecified atom stereocenters. The number of carbonyl (C=O) groups is 2. The molecule has 1 aliphatic carbocycles. The molecule has 2 heterocycles. The van der Waals surface area contributed by atoms with Crippen LogP contribution in [0.1, 0.15) is 55.4 Å². The summed E-state index contributed by atoms with van der Waals surface area (Å²) >= 11 is 0. The number of ether oxygens (including phenoxy) is 1. The van der Waals surface area contributed by atoms with Gasteiger partial charge >= 0.3 is 5.97 Å². The maximum absolute atomic E-state index is 12.4. The Morgan fingerprint density at radius 3 is 2.50 bits per heavy atom. The lowest BCUT2D eigenvalue weighted by molar-refractivity contribution is -0.146. The van der Waals surface area contributed by atoms with Crippen molar-refractivity contribution >= 4 is 36.7 Å². The number of imidazole rings is 1. The maximum Gasteiger partial charge on any atom is 0.308 e. The average Bonchev–Trinajstić information content (AvgIpc) is 3.16. The van der Waals surface area contributed by atoms with E-state index in [2.05, 4.69) is 15.6 Å². The molecule has 0 aromatic carbocycles. The molecule has 1 saturated heterocycles. The predicted octanol–water partition coefficient (Wildman–Crippen LogP) is 2.58. The third kappa shape index (κ3) is 6.94. The summed E-state index contributed by atoms with van der Waals surface area (Å²) in [7, 11) is 1.43. The minimum Gasteiger partial charge on any atom is -0.469 e. The van der Waals surface area contributed by atoms with Gasteiger partial charge in [-0.15, -0.1) is 24.8 Å². The Balaban J connectivity index is 0.00000196. The van der Waals surface area contributed by atoms with Crippen LogP contribution in [0.5, 0.6) is 0 Å². The number of piperidine rings is 1. The van der Waals surface area contributed by atoms with Gasteiger partial charge in [-0.3, -0.25) is 9.59 Å². The molecule has 1 amide bonds. The number of aryl methyl sites for hydroxylation is 1. The summed E-state index contributed by atoms with van der Waals surface area (Å²) in [4.78, 5) is 28.3. The average molecular weight is 435 g/mol. The topological polar surface area (TPSA) is 85.2 Å². The zero-order valence-electron chi connectivity index (χ0n) is 16.4. The lowest BCUT2D eigenvalue weighted by Crippen LogP contribution is -2.39. The summed E-state index contributed by atoms with van der Waals surface area (Å²) in [5.74, 6) is 0.484. The number of rotatable bonds is 6. The Kier molecular flexibility index (Phi) is 10.9. The van der Waals surface area contributed by atoms with Crippen molar-refractivity contribution < 1.29 is 14.3 Å². The van der Waals surface area contributed by atoms with Crippen molar-refractivity contribution in [3.05, 3.63) is 18.2 Å². The molecular weight excluding hydrogens is 403 g/mol. The van der Waals surface area contributed by atoms with Crippen molar-refractivity contribution in [2.24, 2.45) is 11.8 Å². The summed E-state index contributed by atoms with van der Waals surface area (Å²) < 4.78 is 6.82. The van der Waals surface area contributed by atoms with Crippen molar-refractivity contribution in [1.82, 2.24) is 20.2 Å². The Morgan fingerprint density at radius 1 is 1.18 bits per heavy atom. The number of aromatic nitrogens is 2. The molecule has 1 aliphatic heterocycles. The number of esters is 1. The van der Waals surface area contributed by atoms with Crippen LogP contribution < -0.4 is 10.6 Å². The van der Waals surface area contributed by atoms with Crippen molar-refractivity contribution in [2.45, 2.75) is 57.5 Å². The summed E-state index contributed by atoms with van der Waals surface area (Å²) in [5, 5.41) is 6.44. The van der Waals surface area contributed by atoms with E-state index in [1.807, 2.05) is 10.8 Å². The van der Waals surface area contributed by atoms with Gasteiger partial charge in [0.15, 0.2) is 0 Å². The SMILES string of the molecule is COC(=O)[C@H]1CC[C@H](NC(=O)c2cn(CCC3CCNCC3)cn2)CC1.Cl.Cl. The molecular formula is C19H32Cl2N4O3. The van der Waals surface area contributed by atoms with Crippen LogP contribution >= 0.6 is 24.8 Å². The van der Waals surface area contributed by atoms with Crippen LogP contribution in [0.2, 0.25) is 0 Å². The number of methoxy groups -OCH3 is 1. The number of nitrogens with one attached hydrogen (secondary N) is 2. The highest BCUT2D eigenvalue weighted by atomic mass is 35.5. The predicted molar refractivity (Wildman–Crippen MR) is 112 cm³/mol. The molecule has 2 aliphatic rings. The summed E-state index contributed by atoms with van der Waals surface area (Å²) in [5.41, 5.74) is 0.477. The molecule has 1 saturated carbocycles. The van der Waals surface area contributed by atoms with E-state index in [1.165, 1.54) is 20.0 Å². The molecule has 0 radical (unpaired) electrons. The first-order chi connectivity index (χ1) is 12.7. The third-order valence-electron chi connectivity index (χ3n) is 5.72. The van der Waals surface area contributed by atoms with Gasteiger partial charge in [0.1, 0.15) is 5.69 Å². The maximum atomic E-state index is 12.4. The molecule has 2 fully saturated rings. The van der Waals surface area contributed by atoms with E-state index in [9.17, 15) is 9.59 Å². The van der Waals surface area contributed by atoms with Gasteiger partial charge in [0, 0.05) is 18.8 Å². The molecule has 0 bridgehead atoms. The van der Waals surface area contributed by atoms with E-state index in [1.54, 1.807) is 6.33 Å². The monoisotopic (exact) mass is 434 g/mol. The van der Waals surface area contributed by atoms with Crippen LogP contribution in [0.3, 0.4) is 0 Å². The summed E-state index contributed by atoms with van der Waals surface area (Å²) in [6.45, 7) is 3.14. The Morgan fingerprint density at radius 2 is 1.86 bits per heavy atom. The molecule has 3 rings (SSSR count). The highest BCUT2D eigenvalue weighted by Crippen LogP contribution is 2.25. The third-order valence-corrected chi connectivity index (χ3v) is 5.72. The van der Waals surface area contributed by atoms with Gasteiger partial charge in [0.2, 0.25) is 0 Å². The molecule has 0 spiro atoms. The molecule has 2 N–H and O–H groups in total.